The maximum Gasteiger partial charge on any atom is 0.0767 e. The van der Waals surface area contributed by atoms with Gasteiger partial charge in [0.15, 0.2) is 0 Å². The van der Waals surface area contributed by atoms with Crippen LogP contribution in [-0.2, 0) is 4.74 Å². The van der Waals surface area contributed by atoms with Crippen molar-refractivity contribution in [2.45, 2.75) is 70.4 Å². The Kier molecular flexibility index (Phi) is 5.88. The molecule has 1 aliphatic carbocycles. The second-order valence-corrected chi connectivity index (χ2v) is 7.20. The molecular weight excluding hydrogens is 248 g/mol. The smallest absolute Gasteiger partial charge is 0.0767 e. The first-order valence-electron chi connectivity index (χ1n) is 8.62. The lowest BCUT2D eigenvalue weighted by Crippen LogP contribution is -2.63. The number of rotatable bonds is 4. The zero-order valence-corrected chi connectivity index (χ0v) is 13.7. The SMILES string of the molecule is COC1CCCCC1(CN)N1CCCC(C(C)C)CC1. The molecule has 0 spiro atoms. The van der Waals surface area contributed by atoms with Crippen LogP contribution in [-0.4, -0.2) is 43.3 Å². The van der Waals surface area contributed by atoms with Crippen LogP contribution in [0, 0.1) is 11.8 Å². The predicted molar refractivity (Wildman–Crippen MR) is 84.8 cm³/mol. The summed E-state index contributed by atoms with van der Waals surface area (Å²) in [4.78, 5) is 2.70. The van der Waals surface area contributed by atoms with Crippen LogP contribution >= 0.6 is 0 Å². The summed E-state index contributed by atoms with van der Waals surface area (Å²) >= 11 is 0. The van der Waals surface area contributed by atoms with Crippen molar-refractivity contribution in [3.8, 4) is 0 Å². The molecule has 0 radical (unpaired) electrons. The Labute approximate surface area is 125 Å². The number of methoxy groups -OCH3 is 1. The maximum atomic E-state index is 6.26. The third kappa shape index (κ3) is 3.20. The second-order valence-electron chi connectivity index (χ2n) is 7.20. The van der Waals surface area contributed by atoms with Gasteiger partial charge in [-0.1, -0.05) is 26.7 Å². The van der Waals surface area contributed by atoms with Crippen LogP contribution in [0.15, 0.2) is 0 Å². The van der Waals surface area contributed by atoms with E-state index in [-0.39, 0.29) is 5.54 Å². The Balaban J connectivity index is 2.10. The van der Waals surface area contributed by atoms with Crippen molar-refractivity contribution in [1.82, 2.24) is 4.90 Å². The van der Waals surface area contributed by atoms with Crippen LogP contribution in [0.2, 0.25) is 0 Å². The van der Waals surface area contributed by atoms with Crippen molar-refractivity contribution in [3.05, 3.63) is 0 Å². The number of hydrogen-bond acceptors (Lipinski definition) is 3. The van der Waals surface area contributed by atoms with E-state index in [1.54, 1.807) is 0 Å². The molecule has 3 unspecified atom stereocenters. The summed E-state index contributed by atoms with van der Waals surface area (Å²) in [5.74, 6) is 1.70. The van der Waals surface area contributed by atoms with Crippen molar-refractivity contribution < 1.29 is 4.74 Å². The molecule has 0 aromatic carbocycles. The molecule has 2 fully saturated rings. The van der Waals surface area contributed by atoms with E-state index in [2.05, 4.69) is 18.7 Å². The van der Waals surface area contributed by atoms with Gasteiger partial charge in [-0.15, -0.1) is 0 Å². The molecule has 2 rings (SSSR count). The van der Waals surface area contributed by atoms with Crippen molar-refractivity contribution >= 4 is 0 Å². The van der Waals surface area contributed by atoms with Crippen LogP contribution in [0.3, 0.4) is 0 Å². The lowest BCUT2D eigenvalue weighted by atomic mass is 9.77. The van der Waals surface area contributed by atoms with E-state index in [0.717, 1.165) is 18.4 Å². The van der Waals surface area contributed by atoms with E-state index >= 15 is 0 Å². The Morgan fingerprint density at radius 2 is 1.95 bits per heavy atom. The molecule has 3 atom stereocenters. The van der Waals surface area contributed by atoms with E-state index in [1.807, 2.05) is 7.11 Å². The normalized spacial score (nSPS) is 37.0. The zero-order valence-electron chi connectivity index (χ0n) is 13.7. The van der Waals surface area contributed by atoms with Gasteiger partial charge < -0.3 is 10.5 Å². The summed E-state index contributed by atoms with van der Waals surface area (Å²) in [5.41, 5.74) is 6.37. The van der Waals surface area contributed by atoms with Crippen molar-refractivity contribution in [3.63, 3.8) is 0 Å². The van der Waals surface area contributed by atoms with Crippen molar-refractivity contribution in [1.29, 1.82) is 0 Å². The molecule has 1 aliphatic heterocycles. The highest BCUT2D eigenvalue weighted by Crippen LogP contribution is 2.37. The predicted octanol–water partition coefficient (Wildman–Crippen LogP) is 3.03. The summed E-state index contributed by atoms with van der Waals surface area (Å²) in [6, 6.07) is 0. The molecule has 1 saturated carbocycles. The van der Waals surface area contributed by atoms with Gasteiger partial charge in [0.25, 0.3) is 0 Å². The molecule has 0 bridgehead atoms. The average Bonchev–Trinajstić information content (AvgIpc) is 2.73. The number of ether oxygens (including phenoxy) is 1. The Hall–Kier alpha value is -0.120. The fourth-order valence-corrected chi connectivity index (χ4v) is 4.49. The average molecular weight is 282 g/mol. The zero-order chi connectivity index (χ0) is 14.6. The van der Waals surface area contributed by atoms with Gasteiger partial charge >= 0.3 is 0 Å². The molecule has 118 valence electrons. The molecule has 3 nitrogen and oxygen atoms in total. The Bertz CT molecular complexity index is 295. The van der Waals surface area contributed by atoms with Gasteiger partial charge in [0, 0.05) is 13.7 Å². The van der Waals surface area contributed by atoms with Gasteiger partial charge in [-0.05, 0) is 57.0 Å². The van der Waals surface area contributed by atoms with Crippen LogP contribution in [0.1, 0.15) is 58.8 Å². The summed E-state index contributed by atoms with van der Waals surface area (Å²) < 4.78 is 5.84. The lowest BCUT2D eigenvalue weighted by molar-refractivity contribution is -0.0748. The number of hydrogen-bond donors (Lipinski definition) is 1. The molecule has 1 saturated heterocycles. The summed E-state index contributed by atoms with van der Waals surface area (Å²) in [6.07, 6.45) is 9.36. The van der Waals surface area contributed by atoms with Crippen LogP contribution in [0.25, 0.3) is 0 Å². The summed E-state index contributed by atoms with van der Waals surface area (Å²) in [6.45, 7) is 7.91. The fraction of sp³-hybridized carbons (Fsp3) is 1.00. The molecule has 1 heterocycles. The number of nitrogens with zero attached hydrogens (tertiary/aromatic N) is 1. The van der Waals surface area contributed by atoms with E-state index in [0.29, 0.717) is 6.10 Å². The topological polar surface area (TPSA) is 38.5 Å². The molecule has 2 aliphatic rings. The minimum atomic E-state index is 0.110. The van der Waals surface area contributed by atoms with Crippen LogP contribution in [0.4, 0.5) is 0 Å². The van der Waals surface area contributed by atoms with Crippen LogP contribution < -0.4 is 5.73 Å². The molecule has 0 aromatic heterocycles. The van der Waals surface area contributed by atoms with Crippen molar-refractivity contribution in [2.75, 3.05) is 26.7 Å². The molecule has 0 aromatic rings. The molecule has 2 N–H and O–H groups in total. The van der Waals surface area contributed by atoms with E-state index in [9.17, 15) is 0 Å². The van der Waals surface area contributed by atoms with Gasteiger partial charge in [-0.25, -0.2) is 0 Å². The van der Waals surface area contributed by atoms with Gasteiger partial charge in [-0.3, -0.25) is 4.90 Å². The van der Waals surface area contributed by atoms with Crippen molar-refractivity contribution in [2.24, 2.45) is 17.6 Å². The second kappa shape index (κ2) is 7.24. The monoisotopic (exact) mass is 282 g/mol. The molecule has 0 amide bonds. The van der Waals surface area contributed by atoms with Crippen LogP contribution in [0.5, 0.6) is 0 Å². The Morgan fingerprint density at radius 3 is 2.60 bits per heavy atom. The van der Waals surface area contributed by atoms with Gasteiger partial charge in [0.05, 0.1) is 11.6 Å². The quantitative estimate of drug-likeness (QED) is 0.861. The fourth-order valence-electron chi connectivity index (χ4n) is 4.49. The summed E-state index contributed by atoms with van der Waals surface area (Å²) in [7, 11) is 1.87. The van der Waals surface area contributed by atoms with Gasteiger partial charge in [-0.2, -0.15) is 0 Å². The standard InChI is InChI=1S/C17H34N2O/c1-14(2)15-7-6-11-19(12-9-15)17(13-18)10-5-4-8-16(17)20-3/h14-16H,4-13,18H2,1-3H3. The minimum Gasteiger partial charge on any atom is -0.379 e. The number of likely N-dealkylation sites (tertiary alicyclic amines) is 1. The van der Waals surface area contributed by atoms with E-state index in [1.165, 1.54) is 58.0 Å². The molecule has 3 heteroatoms. The lowest BCUT2D eigenvalue weighted by Gasteiger charge is -2.50. The third-order valence-electron chi connectivity index (χ3n) is 5.91. The minimum absolute atomic E-state index is 0.110. The highest BCUT2D eigenvalue weighted by Gasteiger charge is 2.45. The first-order chi connectivity index (χ1) is 9.64. The van der Waals surface area contributed by atoms with Gasteiger partial charge in [0.2, 0.25) is 0 Å². The van der Waals surface area contributed by atoms with E-state index in [4.69, 9.17) is 10.5 Å². The third-order valence-corrected chi connectivity index (χ3v) is 5.91. The van der Waals surface area contributed by atoms with E-state index < -0.39 is 0 Å². The highest BCUT2D eigenvalue weighted by molar-refractivity contribution is 5.01. The Morgan fingerprint density at radius 1 is 1.15 bits per heavy atom. The number of nitrogens with two attached hydrogens (primary N) is 1. The molecular formula is C17H34N2O. The first kappa shape index (κ1) is 16.3. The largest absolute Gasteiger partial charge is 0.379 e. The maximum absolute atomic E-state index is 6.26. The van der Waals surface area contributed by atoms with Gasteiger partial charge in [0.1, 0.15) is 0 Å². The molecule has 20 heavy (non-hydrogen) atoms. The summed E-state index contributed by atoms with van der Waals surface area (Å²) in [5, 5.41) is 0. The highest BCUT2D eigenvalue weighted by atomic mass is 16.5. The first-order valence-corrected chi connectivity index (χ1v) is 8.62.